The number of hydrogen-bond donors (Lipinski definition) is 5. The molecule has 0 aliphatic rings. The van der Waals surface area contributed by atoms with Gasteiger partial charge in [0.25, 0.3) is 0 Å². The minimum absolute atomic E-state index is 0.0311. The Morgan fingerprint density at radius 1 is 1.67 bits per heavy atom. The van der Waals surface area contributed by atoms with Crippen LogP contribution >= 0.6 is 11.6 Å². The number of guanidine groups is 1. The maximum absolute atomic E-state index is 11.2. The van der Waals surface area contributed by atoms with Crippen molar-refractivity contribution in [1.82, 2.24) is 5.32 Å². The van der Waals surface area contributed by atoms with E-state index in [1.807, 2.05) is 0 Å². The van der Waals surface area contributed by atoms with Gasteiger partial charge in [-0.15, -0.1) is 0 Å². The maximum Gasteiger partial charge on any atom is 0.328 e. The Kier molecular flexibility index (Phi) is 5.83. The van der Waals surface area contributed by atoms with Crippen molar-refractivity contribution >= 4 is 29.7 Å². The maximum atomic E-state index is 11.2. The lowest BCUT2D eigenvalue weighted by Crippen LogP contribution is -2.31. The summed E-state index contributed by atoms with van der Waals surface area (Å²) in [5.41, 5.74) is 5.56. The lowest BCUT2D eigenvalue weighted by Gasteiger charge is -2.08. The molecule has 1 aromatic rings. The Morgan fingerprint density at radius 2 is 2.43 bits per heavy atom. The molecular formula is C13H17ClN4O3. The monoisotopic (exact) mass is 312 g/mol. The molecule has 0 aliphatic carbocycles. The molecular weight excluding hydrogens is 296 g/mol. The number of nitrogens with one attached hydrogen (secondary N) is 2. The third kappa shape index (κ3) is 5.70. The number of carbonyl (C=O) groups is 1. The SMILES string of the molecule is [H]/N=C(\N)NCCC[C@H](N=Cc1c(O)cccc1Cl)C(=O)O. The fourth-order valence-electron chi connectivity index (χ4n) is 1.59. The zero-order valence-electron chi connectivity index (χ0n) is 12.2. The molecule has 7 nitrogen and oxygen atoms in total. The Bertz CT molecular complexity index is 560. The molecule has 0 saturated heterocycles. The van der Waals surface area contributed by atoms with Gasteiger partial charge in [0.2, 0.25) is 0 Å². The Labute approximate surface area is 128 Å². The predicted octanol–water partition coefficient (Wildman–Crippen LogP) is 1.18. The van der Waals surface area contributed by atoms with Crippen LogP contribution in [0.1, 0.15) is 18.4 Å². The van der Waals surface area contributed by atoms with E-state index in [0.29, 0.717) is 13.0 Å². The predicted molar refractivity (Wildman–Crippen MR) is 81.3 cm³/mol. The highest BCUT2D eigenvalue weighted by Gasteiger charge is 2.15. The van der Waals surface area contributed by atoms with Gasteiger partial charge in [-0.3, -0.25) is 10.4 Å². The summed E-state index contributed by atoms with van der Waals surface area (Å²) in [7, 11) is 0. The van der Waals surface area contributed by atoms with Crippen LogP contribution in [0.5, 0.6) is 5.75 Å². The number of nitrogens with zero attached hydrogens (tertiary/aromatic N) is 1. The summed E-state index contributed by atoms with van der Waals surface area (Å²) in [6.07, 6.45) is 1.98. The molecule has 0 unspecified atom stereocenters. The van der Waals surface area contributed by atoms with Gasteiger partial charge in [0.1, 0.15) is 11.8 Å². The molecule has 21 heavy (non-hydrogen) atoms. The summed E-state index contributed by atoms with van der Waals surface area (Å²) >= 11 is 5.92. The zero-order valence-corrected chi connectivity index (χ0v) is 11.9. The number of phenols is 1. The Hall–Kier alpha value is -2.28. The molecule has 0 aliphatic heterocycles. The number of aliphatic imine (C=N–C) groups is 1. The van der Waals surface area contributed by atoms with Crippen LogP contribution in [0.3, 0.4) is 0 Å². The number of hydrogen-bond acceptors (Lipinski definition) is 4. The molecule has 0 aromatic heterocycles. The van der Waals surface area contributed by atoms with Crippen LogP contribution in [0.25, 0.3) is 0 Å². The van der Waals surface area contributed by atoms with Gasteiger partial charge in [-0.05, 0) is 25.0 Å². The summed E-state index contributed by atoms with van der Waals surface area (Å²) in [6.45, 7) is 0.380. The number of nitrogens with two attached hydrogens (primary N) is 1. The molecule has 0 heterocycles. The first-order valence-electron chi connectivity index (χ1n) is 6.65. The second-order valence-corrected chi connectivity index (χ2v) is 4.67. The van der Waals surface area contributed by atoms with Crippen LogP contribution < -0.4 is 11.1 Å². The van der Waals surface area contributed by atoms with Crippen LogP contribution in [0.2, 0.25) is 6.43 Å². The highest BCUT2D eigenvalue weighted by Crippen LogP contribution is 2.23. The van der Waals surface area contributed by atoms with Crippen molar-refractivity contribution in [3.63, 3.8) is 0 Å². The van der Waals surface area contributed by atoms with E-state index in [2.05, 4.69) is 15.7 Å². The number of aliphatic carboxylic acids is 1. The van der Waals surface area contributed by atoms with E-state index >= 15 is 0 Å². The van der Waals surface area contributed by atoms with E-state index in [0.717, 1.165) is 0 Å². The third-order valence-electron chi connectivity index (χ3n) is 2.66. The third-order valence-corrected chi connectivity index (χ3v) is 2.99. The molecule has 0 radical (unpaired) electrons. The van der Waals surface area contributed by atoms with E-state index in [4.69, 9.17) is 23.9 Å². The lowest BCUT2D eigenvalue weighted by atomic mass is 10.1. The summed E-state index contributed by atoms with van der Waals surface area (Å²) in [4.78, 5) is 15.1. The highest BCUT2D eigenvalue weighted by molar-refractivity contribution is 6.33. The van der Waals surface area contributed by atoms with Gasteiger partial charge in [-0.2, -0.15) is 0 Å². The lowest BCUT2D eigenvalue weighted by molar-refractivity contribution is -0.138. The molecule has 0 saturated carbocycles. The summed E-state index contributed by atoms with van der Waals surface area (Å²) in [5.74, 6) is -1.18. The van der Waals surface area contributed by atoms with Crippen molar-refractivity contribution in [3.8, 4) is 5.75 Å². The average Bonchev–Trinajstić information content (AvgIpc) is 2.48. The highest BCUT2D eigenvalue weighted by atomic mass is 35.5. The molecule has 1 rings (SSSR count). The molecule has 114 valence electrons. The van der Waals surface area contributed by atoms with Gasteiger partial charge < -0.3 is 21.3 Å². The minimum atomic E-state index is -1.08. The van der Waals surface area contributed by atoms with Crippen LogP contribution in [-0.2, 0) is 4.79 Å². The van der Waals surface area contributed by atoms with Crippen LogP contribution in [0.15, 0.2) is 23.2 Å². The standard InChI is InChI=1S/C13H17ClN4O3/c14-9-3-1-5-11(19)8(9)7-18-10(12(20)21)4-2-6-17-13(15)16/h1,3,5,7,10,19H,2,4,6H2,(H,20,21)(H4,15,16,17)/t10-/m0/s1. The van der Waals surface area contributed by atoms with Crippen LogP contribution in [0, 0.1) is 5.40 Å². The first-order chi connectivity index (χ1) is 10.5. The van der Waals surface area contributed by atoms with Gasteiger partial charge in [-0.1, -0.05) is 17.7 Å². The molecule has 1 aromatic carbocycles. The van der Waals surface area contributed by atoms with Crippen molar-refractivity contribution in [2.75, 3.05) is 6.54 Å². The summed E-state index contributed by atoms with van der Waals surface area (Å²) in [6, 6.07) is 3.63. The van der Waals surface area contributed by atoms with E-state index in [1.54, 1.807) is 12.1 Å². The number of aromatic hydroxyl groups is 1. The zero-order chi connectivity index (χ0) is 16.5. The number of benzene rings is 1. The van der Waals surface area contributed by atoms with Crippen molar-refractivity contribution < 1.29 is 16.4 Å². The van der Waals surface area contributed by atoms with Gasteiger partial charge in [0, 0.05) is 12.8 Å². The number of halogens is 1. The topological polar surface area (TPSA) is 132 Å². The van der Waals surface area contributed by atoms with Crippen LogP contribution in [-0.4, -0.2) is 40.9 Å². The summed E-state index contributed by atoms with van der Waals surface area (Å²) < 4.78 is 6.64. The second-order valence-electron chi connectivity index (χ2n) is 4.26. The fraction of sp³-hybridized carbons (Fsp3) is 0.308. The largest absolute Gasteiger partial charge is 0.507 e. The summed E-state index contributed by atoms with van der Waals surface area (Å²) in [5, 5.41) is 24.7. The van der Waals surface area contributed by atoms with Crippen molar-refractivity contribution in [3.05, 3.63) is 28.8 Å². The first-order valence-corrected chi connectivity index (χ1v) is 6.58. The van der Waals surface area contributed by atoms with Gasteiger partial charge >= 0.3 is 5.97 Å². The van der Waals surface area contributed by atoms with E-state index in [9.17, 15) is 9.90 Å². The molecule has 6 N–H and O–H groups in total. The minimum Gasteiger partial charge on any atom is -0.507 e. The molecule has 8 heteroatoms. The van der Waals surface area contributed by atoms with Crippen LogP contribution in [0.4, 0.5) is 0 Å². The molecule has 1 atom stereocenters. The molecule has 0 spiro atoms. The molecule has 0 fully saturated rings. The number of phenolic OH excluding ortho intramolecular Hbond substituents is 1. The van der Waals surface area contributed by atoms with Crippen molar-refractivity contribution in [2.45, 2.75) is 18.9 Å². The van der Waals surface area contributed by atoms with Crippen molar-refractivity contribution in [2.24, 2.45) is 10.7 Å². The number of carboxylic acids is 1. The number of rotatable bonds is 7. The van der Waals surface area contributed by atoms with Crippen molar-refractivity contribution in [1.29, 1.82) is 5.40 Å². The van der Waals surface area contributed by atoms with Gasteiger partial charge in [0.05, 0.1) is 10.6 Å². The van der Waals surface area contributed by atoms with E-state index in [-0.39, 0.29) is 28.7 Å². The quantitative estimate of drug-likeness (QED) is 0.293. The fourth-order valence-corrected chi connectivity index (χ4v) is 1.81. The second kappa shape index (κ2) is 8.11. The smallest absolute Gasteiger partial charge is 0.328 e. The van der Waals surface area contributed by atoms with Gasteiger partial charge in [0.15, 0.2) is 7.37 Å². The Balaban J connectivity index is 2.65. The van der Waals surface area contributed by atoms with E-state index < -0.39 is 12.0 Å². The normalized spacial score (nSPS) is 14.0. The Morgan fingerprint density at radius 3 is 3.05 bits per heavy atom. The van der Waals surface area contributed by atoms with E-state index in [1.165, 1.54) is 12.3 Å². The van der Waals surface area contributed by atoms with Gasteiger partial charge in [-0.25, -0.2) is 4.79 Å². The average molecular weight is 313 g/mol. The first kappa shape index (κ1) is 15.1. The molecule has 0 amide bonds. The molecule has 0 bridgehead atoms. The number of carboxylic acid groups (broad SMARTS) is 1.